The highest BCUT2D eigenvalue weighted by Crippen LogP contribution is 2.36. The number of rotatable bonds is 4. The summed E-state index contributed by atoms with van der Waals surface area (Å²) in [4.78, 5) is 12.1. The average molecular weight is 345 g/mol. The first-order valence-corrected chi connectivity index (χ1v) is 9.11. The van der Waals surface area contributed by atoms with Crippen LogP contribution >= 0.6 is 11.3 Å². The van der Waals surface area contributed by atoms with Gasteiger partial charge in [0.15, 0.2) is 11.5 Å². The number of hydrogen-bond donors (Lipinski definition) is 1. The SMILES string of the molecule is O=C(NC1CCC(Oc2ccc3c(c2)OCO3)CC1)c1ccsc1. The van der Waals surface area contributed by atoms with Gasteiger partial charge in [0, 0.05) is 23.1 Å². The van der Waals surface area contributed by atoms with Gasteiger partial charge in [0.1, 0.15) is 5.75 Å². The number of nitrogens with one attached hydrogen (secondary N) is 1. The van der Waals surface area contributed by atoms with Crippen LogP contribution < -0.4 is 19.5 Å². The summed E-state index contributed by atoms with van der Waals surface area (Å²) < 4.78 is 16.7. The lowest BCUT2D eigenvalue weighted by molar-refractivity contribution is 0.0894. The largest absolute Gasteiger partial charge is 0.490 e. The van der Waals surface area contributed by atoms with E-state index in [1.807, 2.05) is 35.0 Å². The molecule has 24 heavy (non-hydrogen) atoms. The summed E-state index contributed by atoms with van der Waals surface area (Å²) in [6, 6.07) is 7.76. The predicted octanol–water partition coefficient (Wildman–Crippen LogP) is 3.60. The van der Waals surface area contributed by atoms with E-state index in [4.69, 9.17) is 14.2 Å². The van der Waals surface area contributed by atoms with Gasteiger partial charge in [-0.3, -0.25) is 4.79 Å². The number of benzene rings is 1. The van der Waals surface area contributed by atoms with Crippen molar-refractivity contribution < 1.29 is 19.0 Å². The van der Waals surface area contributed by atoms with Crippen molar-refractivity contribution in [1.82, 2.24) is 5.32 Å². The van der Waals surface area contributed by atoms with E-state index in [-0.39, 0.29) is 24.8 Å². The van der Waals surface area contributed by atoms with E-state index in [1.54, 1.807) is 0 Å². The Kier molecular flexibility index (Phi) is 4.30. The predicted molar refractivity (Wildman–Crippen MR) is 91.0 cm³/mol. The van der Waals surface area contributed by atoms with E-state index in [0.717, 1.165) is 48.5 Å². The van der Waals surface area contributed by atoms with Gasteiger partial charge in [-0.15, -0.1) is 0 Å². The topological polar surface area (TPSA) is 56.8 Å². The van der Waals surface area contributed by atoms with E-state index < -0.39 is 0 Å². The minimum absolute atomic E-state index is 0.0244. The Balaban J connectivity index is 1.28. The minimum Gasteiger partial charge on any atom is -0.490 e. The molecule has 1 aliphatic heterocycles. The number of hydrogen-bond acceptors (Lipinski definition) is 5. The molecule has 1 fully saturated rings. The third-order valence-corrected chi connectivity index (χ3v) is 5.12. The number of fused-ring (bicyclic) bond motifs is 1. The number of thiophene rings is 1. The Morgan fingerprint density at radius 1 is 1.12 bits per heavy atom. The van der Waals surface area contributed by atoms with Crippen LogP contribution in [0.25, 0.3) is 0 Å². The molecule has 6 heteroatoms. The van der Waals surface area contributed by atoms with Gasteiger partial charge in [0.25, 0.3) is 5.91 Å². The van der Waals surface area contributed by atoms with Gasteiger partial charge in [-0.1, -0.05) is 0 Å². The summed E-state index contributed by atoms with van der Waals surface area (Å²) in [7, 11) is 0. The molecule has 126 valence electrons. The second-order valence-corrected chi connectivity index (χ2v) is 6.87. The zero-order chi connectivity index (χ0) is 16.4. The molecule has 1 saturated carbocycles. The van der Waals surface area contributed by atoms with Crippen molar-refractivity contribution in [2.75, 3.05) is 6.79 Å². The molecule has 2 heterocycles. The maximum Gasteiger partial charge on any atom is 0.252 e. The molecule has 1 aliphatic carbocycles. The fourth-order valence-corrected chi connectivity index (χ4v) is 3.77. The van der Waals surface area contributed by atoms with E-state index in [2.05, 4.69) is 5.32 Å². The Hall–Kier alpha value is -2.21. The number of amides is 1. The van der Waals surface area contributed by atoms with Crippen molar-refractivity contribution in [3.05, 3.63) is 40.6 Å². The van der Waals surface area contributed by atoms with Gasteiger partial charge in [0.2, 0.25) is 6.79 Å². The molecule has 5 nitrogen and oxygen atoms in total. The lowest BCUT2D eigenvalue weighted by Gasteiger charge is -2.29. The summed E-state index contributed by atoms with van der Waals surface area (Å²) in [5, 5.41) is 6.92. The van der Waals surface area contributed by atoms with Gasteiger partial charge >= 0.3 is 0 Å². The summed E-state index contributed by atoms with van der Waals surface area (Å²) in [6.45, 7) is 0.272. The second-order valence-electron chi connectivity index (χ2n) is 6.09. The van der Waals surface area contributed by atoms with Crippen molar-refractivity contribution in [1.29, 1.82) is 0 Å². The van der Waals surface area contributed by atoms with Gasteiger partial charge in [0.05, 0.1) is 6.10 Å². The lowest BCUT2D eigenvalue weighted by atomic mass is 9.92. The summed E-state index contributed by atoms with van der Waals surface area (Å²) in [6.07, 6.45) is 3.92. The van der Waals surface area contributed by atoms with Crippen molar-refractivity contribution >= 4 is 17.2 Å². The summed E-state index contributed by atoms with van der Waals surface area (Å²) >= 11 is 1.54. The van der Waals surface area contributed by atoms with E-state index in [1.165, 1.54) is 11.3 Å². The van der Waals surface area contributed by atoms with Crippen LogP contribution in [0.3, 0.4) is 0 Å². The summed E-state index contributed by atoms with van der Waals surface area (Å²) in [5.74, 6) is 2.34. The van der Waals surface area contributed by atoms with Crippen LogP contribution in [-0.4, -0.2) is 24.8 Å². The molecule has 2 aromatic rings. The van der Waals surface area contributed by atoms with Crippen molar-refractivity contribution in [2.24, 2.45) is 0 Å². The van der Waals surface area contributed by atoms with Crippen LogP contribution in [0.5, 0.6) is 17.2 Å². The van der Waals surface area contributed by atoms with Crippen LogP contribution in [0.15, 0.2) is 35.0 Å². The highest BCUT2D eigenvalue weighted by Gasteiger charge is 2.24. The first-order valence-electron chi connectivity index (χ1n) is 8.17. The van der Waals surface area contributed by atoms with Crippen molar-refractivity contribution in [2.45, 2.75) is 37.8 Å². The Labute approximate surface area is 144 Å². The van der Waals surface area contributed by atoms with Crippen LogP contribution in [0.2, 0.25) is 0 Å². The summed E-state index contributed by atoms with van der Waals surface area (Å²) in [5.41, 5.74) is 0.749. The first kappa shape index (κ1) is 15.3. The highest BCUT2D eigenvalue weighted by molar-refractivity contribution is 7.08. The highest BCUT2D eigenvalue weighted by atomic mass is 32.1. The molecule has 1 aromatic carbocycles. The Morgan fingerprint density at radius 3 is 2.75 bits per heavy atom. The molecule has 0 spiro atoms. The zero-order valence-electron chi connectivity index (χ0n) is 13.2. The molecule has 1 aromatic heterocycles. The van der Waals surface area contributed by atoms with E-state index >= 15 is 0 Å². The molecule has 0 radical (unpaired) electrons. The maximum atomic E-state index is 12.1. The fraction of sp³-hybridized carbons (Fsp3) is 0.389. The average Bonchev–Trinajstić information content (AvgIpc) is 3.27. The second kappa shape index (κ2) is 6.73. The zero-order valence-corrected chi connectivity index (χ0v) is 14.0. The lowest BCUT2D eigenvalue weighted by Crippen LogP contribution is -2.39. The molecule has 1 amide bonds. The van der Waals surface area contributed by atoms with Crippen LogP contribution in [-0.2, 0) is 0 Å². The number of carbonyl (C=O) groups is 1. The Morgan fingerprint density at radius 2 is 1.96 bits per heavy atom. The molecule has 0 saturated heterocycles. The van der Waals surface area contributed by atoms with Crippen LogP contribution in [0.1, 0.15) is 36.0 Å². The van der Waals surface area contributed by atoms with Crippen molar-refractivity contribution in [3.63, 3.8) is 0 Å². The normalized spacial score (nSPS) is 22.2. The molecule has 0 bridgehead atoms. The third-order valence-electron chi connectivity index (χ3n) is 4.44. The van der Waals surface area contributed by atoms with Crippen LogP contribution in [0, 0.1) is 0 Å². The first-order chi connectivity index (χ1) is 11.8. The van der Waals surface area contributed by atoms with Gasteiger partial charge < -0.3 is 19.5 Å². The van der Waals surface area contributed by atoms with E-state index in [9.17, 15) is 4.79 Å². The van der Waals surface area contributed by atoms with Crippen molar-refractivity contribution in [3.8, 4) is 17.2 Å². The smallest absolute Gasteiger partial charge is 0.252 e. The number of carbonyl (C=O) groups excluding carboxylic acids is 1. The molecule has 4 rings (SSSR count). The van der Waals surface area contributed by atoms with Crippen LogP contribution in [0.4, 0.5) is 0 Å². The van der Waals surface area contributed by atoms with E-state index in [0.29, 0.717) is 0 Å². The van der Waals surface area contributed by atoms with Gasteiger partial charge in [-0.05, 0) is 49.3 Å². The molecule has 0 unspecified atom stereocenters. The quantitative estimate of drug-likeness (QED) is 0.920. The van der Waals surface area contributed by atoms with Gasteiger partial charge in [-0.25, -0.2) is 0 Å². The van der Waals surface area contributed by atoms with Gasteiger partial charge in [-0.2, -0.15) is 11.3 Å². The fourth-order valence-electron chi connectivity index (χ4n) is 3.13. The maximum absolute atomic E-state index is 12.1. The molecule has 0 atom stereocenters. The molecule has 2 aliphatic rings. The number of ether oxygens (including phenoxy) is 3. The molecular formula is C18H19NO4S. The molecular weight excluding hydrogens is 326 g/mol. The molecule has 1 N–H and O–H groups in total. The Bertz CT molecular complexity index is 708. The third kappa shape index (κ3) is 3.33. The monoisotopic (exact) mass is 345 g/mol. The minimum atomic E-state index is 0.0244. The standard InChI is InChI=1S/C18H19NO4S/c20-18(12-7-8-24-10-12)19-13-1-3-14(4-2-13)23-15-5-6-16-17(9-15)22-11-21-16/h5-10,13-14H,1-4,11H2,(H,19,20).